The Bertz CT molecular complexity index is 502. The van der Waals surface area contributed by atoms with Crippen LogP contribution >= 0.6 is 15.9 Å². The molecule has 0 saturated carbocycles. The molecule has 0 atom stereocenters. The van der Waals surface area contributed by atoms with Crippen LogP contribution in [0, 0.1) is 0 Å². The molecule has 0 aliphatic heterocycles. The van der Waals surface area contributed by atoms with Gasteiger partial charge in [0.25, 0.3) is 0 Å². The summed E-state index contributed by atoms with van der Waals surface area (Å²) in [5, 5.41) is 11.7. The van der Waals surface area contributed by atoms with Crippen molar-refractivity contribution in [2.45, 2.75) is 6.42 Å². The van der Waals surface area contributed by atoms with Crippen LogP contribution in [0.1, 0.15) is 6.42 Å². The van der Waals surface area contributed by atoms with Gasteiger partial charge < -0.3 is 10.4 Å². The molecule has 0 bridgehead atoms. The molecule has 2 aromatic rings. The Morgan fingerprint density at radius 3 is 2.61 bits per heavy atom. The van der Waals surface area contributed by atoms with E-state index in [1.807, 2.05) is 24.3 Å². The molecular weight excluding hydrogens is 294 g/mol. The second kappa shape index (κ2) is 6.47. The number of halogens is 1. The van der Waals surface area contributed by atoms with Crippen molar-refractivity contribution >= 4 is 21.9 Å². The molecule has 1 aromatic heterocycles. The molecular formula is C13H14BrN3O. The van der Waals surface area contributed by atoms with Crippen LogP contribution in [0.5, 0.6) is 0 Å². The highest BCUT2D eigenvalue weighted by Crippen LogP contribution is 2.21. The fourth-order valence-corrected chi connectivity index (χ4v) is 1.91. The summed E-state index contributed by atoms with van der Waals surface area (Å²) in [7, 11) is 0. The number of hydrogen-bond donors (Lipinski definition) is 2. The van der Waals surface area contributed by atoms with Gasteiger partial charge in [0.1, 0.15) is 0 Å². The molecule has 1 aromatic carbocycles. The second-order valence-electron chi connectivity index (χ2n) is 3.81. The van der Waals surface area contributed by atoms with Crippen molar-refractivity contribution in [3.05, 3.63) is 41.1 Å². The van der Waals surface area contributed by atoms with Crippen molar-refractivity contribution in [2.75, 3.05) is 18.5 Å². The van der Waals surface area contributed by atoms with Crippen LogP contribution in [-0.4, -0.2) is 28.2 Å². The Kier molecular flexibility index (Phi) is 4.66. The van der Waals surface area contributed by atoms with Crippen LogP contribution in [0.4, 0.5) is 5.95 Å². The first-order chi connectivity index (χ1) is 8.79. The Hall–Kier alpha value is -1.46. The van der Waals surface area contributed by atoms with E-state index in [4.69, 9.17) is 5.11 Å². The number of rotatable bonds is 5. The van der Waals surface area contributed by atoms with Gasteiger partial charge in [-0.05, 0) is 24.1 Å². The highest BCUT2D eigenvalue weighted by Gasteiger charge is 2.00. The van der Waals surface area contributed by atoms with Gasteiger partial charge in [-0.15, -0.1) is 0 Å². The van der Waals surface area contributed by atoms with Gasteiger partial charge in [-0.3, -0.25) is 0 Å². The Balaban J connectivity index is 2.07. The Labute approximate surface area is 114 Å². The van der Waals surface area contributed by atoms with Crippen molar-refractivity contribution in [1.29, 1.82) is 0 Å². The second-order valence-corrected chi connectivity index (χ2v) is 4.73. The predicted octanol–water partition coefficient (Wildman–Crippen LogP) is 2.70. The number of aliphatic hydroxyl groups excluding tert-OH is 1. The summed E-state index contributed by atoms with van der Waals surface area (Å²) in [6.07, 6.45) is 4.27. The summed E-state index contributed by atoms with van der Waals surface area (Å²) in [5.74, 6) is 0.585. The molecule has 0 saturated heterocycles. The molecule has 0 aliphatic carbocycles. The van der Waals surface area contributed by atoms with Crippen molar-refractivity contribution in [2.24, 2.45) is 0 Å². The number of nitrogens with one attached hydrogen (secondary N) is 1. The third-order valence-electron chi connectivity index (χ3n) is 2.43. The summed E-state index contributed by atoms with van der Waals surface area (Å²) in [4.78, 5) is 8.47. The van der Waals surface area contributed by atoms with E-state index in [2.05, 4.69) is 31.2 Å². The topological polar surface area (TPSA) is 58.0 Å². The summed E-state index contributed by atoms with van der Waals surface area (Å²) in [5.41, 5.74) is 2.05. The average Bonchev–Trinajstić information content (AvgIpc) is 2.40. The van der Waals surface area contributed by atoms with Gasteiger partial charge >= 0.3 is 0 Å². The molecule has 4 nitrogen and oxygen atoms in total. The zero-order valence-electron chi connectivity index (χ0n) is 9.81. The number of nitrogens with zero attached hydrogens (tertiary/aromatic N) is 2. The lowest BCUT2D eigenvalue weighted by Gasteiger charge is -2.05. The quantitative estimate of drug-likeness (QED) is 0.834. The Morgan fingerprint density at radius 2 is 1.94 bits per heavy atom. The molecule has 5 heteroatoms. The van der Waals surface area contributed by atoms with Gasteiger partial charge in [-0.1, -0.05) is 28.1 Å². The van der Waals surface area contributed by atoms with Gasteiger partial charge in [-0.2, -0.15) is 0 Å². The standard InChI is InChI=1S/C13H14BrN3O/c14-12-4-1-3-10(7-12)11-8-16-13(17-9-11)15-5-2-6-18/h1,3-4,7-9,18H,2,5-6H2,(H,15,16,17). The van der Waals surface area contributed by atoms with E-state index in [9.17, 15) is 0 Å². The smallest absolute Gasteiger partial charge is 0.222 e. The van der Waals surface area contributed by atoms with E-state index < -0.39 is 0 Å². The average molecular weight is 308 g/mol. The monoisotopic (exact) mass is 307 g/mol. The third kappa shape index (κ3) is 3.51. The van der Waals surface area contributed by atoms with Gasteiger partial charge in [0, 0.05) is 35.6 Å². The molecule has 18 heavy (non-hydrogen) atoms. The van der Waals surface area contributed by atoms with E-state index in [-0.39, 0.29) is 6.61 Å². The van der Waals surface area contributed by atoms with Crippen LogP contribution in [0.3, 0.4) is 0 Å². The number of hydrogen-bond acceptors (Lipinski definition) is 4. The molecule has 0 spiro atoms. The fourth-order valence-electron chi connectivity index (χ4n) is 1.52. The summed E-state index contributed by atoms with van der Waals surface area (Å²) < 4.78 is 1.03. The van der Waals surface area contributed by atoms with Gasteiger partial charge in [-0.25, -0.2) is 9.97 Å². The van der Waals surface area contributed by atoms with Crippen molar-refractivity contribution in [1.82, 2.24) is 9.97 Å². The van der Waals surface area contributed by atoms with Crippen molar-refractivity contribution in [3.8, 4) is 11.1 Å². The number of benzene rings is 1. The molecule has 2 N–H and O–H groups in total. The largest absolute Gasteiger partial charge is 0.396 e. The SMILES string of the molecule is OCCCNc1ncc(-c2cccc(Br)c2)cn1. The lowest BCUT2D eigenvalue weighted by Crippen LogP contribution is -2.06. The van der Waals surface area contributed by atoms with Gasteiger partial charge in [0.15, 0.2) is 0 Å². The first-order valence-corrected chi connectivity index (χ1v) is 6.51. The minimum atomic E-state index is 0.170. The lowest BCUT2D eigenvalue weighted by atomic mass is 10.1. The number of aliphatic hydroxyl groups is 1. The minimum absolute atomic E-state index is 0.170. The Morgan fingerprint density at radius 1 is 1.17 bits per heavy atom. The molecule has 0 aliphatic rings. The summed E-state index contributed by atoms with van der Waals surface area (Å²) >= 11 is 3.44. The third-order valence-corrected chi connectivity index (χ3v) is 2.92. The van der Waals surface area contributed by atoms with E-state index in [0.717, 1.165) is 15.6 Å². The molecule has 0 amide bonds. The van der Waals surface area contributed by atoms with Crippen LogP contribution in [0.15, 0.2) is 41.1 Å². The molecule has 2 rings (SSSR count). The maximum absolute atomic E-state index is 8.68. The van der Waals surface area contributed by atoms with Crippen molar-refractivity contribution in [3.63, 3.8) is 0 Å². The molecule has 0 radical (unpaired) electrons. The highest BCUT2D eigenvalue weighted by molar-refractivity contribution is 9.10. The summed E-state index contributed by atoms with van der Waals surface area (Å²) in [6.45, 7) is 0.843. The first kappa shape index (κ1) is 13.0. The molecule has 94 valence electrons. The normalized spacial score (nSPS) is 10.3. The fraction of sp³-hybridized carbons (Fsp3) is 0.231. The first-order valence-electron chi connectivity index (χ1n) is 5.72. The number of anilines is 1. The summed E-state index contributed by atoms with van der Waals surface area (Å²) in [6, 6.07) is 8.00. The maximum atomic E-state index is 8.68. The van der Waals surface area contributed by atoms with Gasteiger partial charge in [0.05, 0.1) is 0 Å². The zero-order valence-corrected chi connectivity index (χ0v) is 11.4. The minimum Gasteiger partial charge on any atom is -0.396 e. The van der Waals surface area contributed by atoms with Gasteiger partial charge in [0.2, 0.25) is 5.95 Å². The highest BCUT2D eigenvalue weighted by atomic mass is 79.9. The van der Waals surface area contributed by atoms with E-state index in [0.29, 0.717) is 18.9 Å². The van der Waals surface area contributed by atoms with Crippen LogP contribution < -0.4 is 5.32 Å². The molecule has 1 heterocycles. The van der Waals surface area contributed by atoms with Crippen LogP contribution in [0.2, 0.25) is 0 Å². The maximum Gasteiger partial charge on any atom is 0.222 e. The van der Waals surface area contributed by atoms with Crippen LogP contribution in [0.25, 0.3) is 11.1 Å². The lowest BCUT2D eigenvalue weighted by molar-refractivity contribution is 0.292. The zero-order chi connectivity index (χ0) is 12.8. The predicted molar refractivity (Wildman–Crippen MR) is 75.4 cm³/mol. The van der Waals surface area contributed by atoms with E-state index in [1.54, 1.807) is 12.4 Å². The van der Waals surface area contributed by atoms with E-state index >= 15 is 0 Å². The van der Waals surface area contributed by atoms with E-state index in [1.165, 1.54) is 0 Å². The molecule has 0 fully saturated rings. The molecule has 0 unspecified atom stereocenters. The number of aromatic nitrogens is 2. The van der Waals surface area contributed by atoms with Crippen molar-refractivity contribution < 1.29 is 5.11 Å². The van der Waals surface area contributed by atoms with Crippen LogP contribution in [-0.2, 0) is 0 Å².